The third-order valence-corrected chi connectivity index (χ3v) is 2.42. The lowest BCUT2D eigenvalue weighted by atomic mass is 10.1. The number of hydrogen-bond acceptors (Lipinski definition) is 4. The Bertz CT molecular complexity index is 542. The highest BCUT2D eigenvalue weighted by Crippen LogP contribution is 2.27. The van der Waals surface area contributed by atoms with Gasteiger partial charge in [-0.2, -0.15) is 5.26 Å². The van der Waals surface area contributed by atoms with Crippen LogP contribution in [0.4, 0.5) is 5.88 Å². The molecular weight excluding hydrogens is 258 g/mol. The van der Waals surface area contributed by atoms with Gasteiger partial charge in [-0.15, -0.1) is 0 Å². The van der Waals surface area contributed by atoms with Crippen LogP contribution in [0, 0.1) is 11.3 Å². The second kappa shape index (κ2) is 3.75. The first kappa shape index (κ1) is 9.74. The fourth-order valence-electron chi connectivity index (χ4n) is 1.24. The molecule has 1 aromatic heterocycles. The number of nitrogen functional groups attached to an aromatic ring is 1. The Kier molecular flexibility index (Phi) is 2.44. The molecule has 0 saturated heterocycles. The van der Waals surface area contributed by atoms with Crippen molar-refractivity contribution in [2.45, 2.75) is 0 Å². The van der Waals surface area contributed by atoms with Gasteiger partial charge in [0.1, 0.15) is 17.3 Å². The van der Waals surface area contributed by atoms with E-state index in [2.05, 4.69) is 21.1 Å². The van der Waals surface area contributed by atoms with Crippen LogP contribution in [0.15, 0.2) is 33.3 Å². The van der Waals surface area contributed by atoms with Gasteiger partial charge in [0.25, 0.3) is 0 Å². The summed E-state index contributed by atoms with van der Waals surface area (Å²) in [5.41, 5.74) is 7.00. The Morgan fingerprint density at radius 2 is 2.27 bits per heavy atom. The van der Waals surface area contributed by atoms with Crippen LogP contribution >= 0.6 is 15.9 Å². The minimum absolute atomic E-state index is 0.0486. The van der Waals surface area contributed by atoms with Crippen molar-refractivity contribution >= 4 is 21.8 Å². The van der Waals surface area contributed by atoms with Crippen molar-refractivity contribution in [2.75, 3.05) is 5.73 Å². The summed E-state index contributed by atoms with van der Waals surface area (Å²) in [5.74, 6) is 0.0486. The quantitative estimate of drug-likeness (QED) is 0.858. The van der Waals surface area contributed by atoms with Crippen LogP contribution in [0.25, 0.3) is 11.3 Å². The smallest absolute Gasteiger partial charge is 0.240 e. The van der Waals surface area contributed by atoms with Crippen molar-refractivity contribution in [3.8, 4) is 17.3 Å². The van der Waals surface area contributed by atoms with Crippen LogP contribution in [0.5, 0.6) is 0 Å². The third-order valence-electron chi connectivity index (χ3n) is 1.93. The minimum Gasteiger partial charge on any atom is -0.366 e. The zero-order valence-corrected chi connectivity index (χ0v) is 9.15. The summed E-state index contributed by atoms with van der Waals surface area (Å²) in [7, 11) is 0. The fourth-order valence-corrected chi connectivity index (χ4v) is 1.64. The normalized spacial score (nSPS) is 9.87. The standard InChI is InChI=1S/C10H6BrN3O/c11-7-3-1-2-6(4-7)9-8(5-12)10(13)15-14-9/h1-4H,13H2. The number of aromatic nitrogens is 1. The Hall–Kier alpha value is -1.80. The number of halogens is 1. The lowest BCUT2D eigenvalue weighted by Crippen LogP contribution is -1.86. The van der Waals surface area contributed by atoms with Gasteiger partial charge in [-0.3, -0.25) is 0 Å². The molecule has 2 rings (SSSR count). The SMILES string of the molecule is N#Cc1c(-c2cccc(Br)c2)noc1N. The molecule has 0 saturated carbocycles. The summed E-state index contributed by atoms with van der Waals surface area (Å²) in [6.45, 7) is 0. The van der Waals surface area contributed by atoms with Crippen LogP contribution in [0.2, 0.25) is 0 Å². The van der Waals surface area contributed by atoms with E-state index in [-0.39, 0.29) is 11.4 Å². The van der Waals surface area contributed by atoms with E-state index in [1.165, 1.54) is 0 Å². The van der Waals surface area contributed by atoms with Gasteiger partial charge in [-0.25, -0.2) is 0 Å². The van der Waals surface area contributed by atoms with Crippen LogP contribution in [-0.4, -0.2) is 5.16 Å². The highest BCUT2D eigenvalue weighted by molar-refractivity contribution is 9.10. The van der Waals surface area contributed by atoms with Gasteiger partial charge in [0, 0.05) is 10.0 Å². The number of nitrogens with zero attached hydrogens (tertiary/aromatic N) is 2. The lowest BCUT2D eigenvalue weighted by molar-refractivity contribution is 0.439. The lowest BCUT2D eigenvalue weighted by Gasteiger charge is -1.96. The van der Waals surface area contributed by atoms with E-state index in [0.717, 1.165) is 10.0 Å². The number of hydrogen-bond donors (Lipinski definition) is 1. The topological polar surface area (TPSA) is 75.8 Å². The van der Waals surface area contributed by atoms with E-state index in [4.69, 9.17) is 15.5 Å². The van der Waals surface area contributed by atoms with Crippen molar-refractivity contribution in [3.63, 3.8) is 0 Å². The highest BCUT2D eigenvalue weighted by atomic mass is 79.9. The predicted octanol–water partition coefficient (Wildman–Crippen LogP) is 2.56. The van der Waals surface area contributed by atoms with Gasteiger partial charge in [-0.05, 0) is 12.1 Å². The van der Waals surface area contributed by atoms with E-state index in [1.807, 2.05) is 30.3 Å². The van der Waals surface area contributed by atoms with Gasteiger partial charge in [0.2, 0.25) is 5.88 Å². The zero-order chi connectivity index (χ0) is 10.8. The van der Waals surface area contributed by atoms with Crippen molar-refractivity contribution in [1.82, 2.24) is 5.16 Å². The van der Waals surface area contributed by atoms with Gasteiger partial charge in [0.05, 0.1) is 0 Å². The van der Waals surface area contributed by atoms with E-state index in [1.54, 1.807) is 0 Å². The van der Waals surface area contributed by atoms with Crippen LogP contribution in [0.1, 0.15) is 5.56 Å². The molecule has 0 atom stereocenters. The maximum atomic E-state index is 8.88. The molecule has 74 valence electrons. The Morgan fingerprint density at radius 3 is 2.93 bits per heavy atom. The molecule has 0 amide bonds. The van der Waals surface area contributed by atoms with Crippen molar-refractivity contribution in [2.24, 2.45) is 0 Å². The maximum Gasteiger partial charge on any atom is 0.240 e. The first-order valence-electron chi connectivity index (χ1n) is 4.13. The molecular formula is C10H6BrN3O. The summed E-state index contributed by atoms with van der Waals surface area (Å²) in [6.07, 6.45) is 0. The molecule has 0 aliphatic carbocycles. The molecule has 0 aliphatic heterocycles. The highest BCUT2D eigenvalue weighted by Gasteiger charge is 2.14. The summed E-state index contributed by atoms with van der Waals surface area (Å²) < 4.78 is 5.68. The number of benzene rings is 1. The monoisotopic (exact) mass is 263 g/mol. The molecule has 5 heteroatoms. The Labute approximate surface area is 94.4 Å². The maximum absolute atomic E-state index is 8.88. The second-order valence-corrected chi connectivity index (χ2v) is 3.81. The molecule has 0 bridgehead atoms. The molecule has 0 radical (unpaired) electrons. The van der Waals surface area contributed by atoms with E-state index in [0.29, 0.717) is 5.69 Å². The average Bonchev–Trinajstić information content (AvgIpc) is 2.59. The first-order valence-corrected chi connectivity index (χ1v) is 4.93. The summed E-state index contributed by atoms with van der Waals surface area (Å²) >= 11 is 3.34. The number of nitriles is 1. The largest absolute Gasteiger partial charge is 0.366 e. The summed E-state index contributed by atoms with van der Waals surface area (Å²) in [6, 6.07) is 9.39. The fraction of sp³-hybridized carbons (Fsp3) is 0. The van der Waals surface area contributed by atoms with Gasteiger partial charge in [-0.1, -0.05) is 33.2 Å². The molecule has 0 fully saturated rings. The first-order chi connectivity index (χ1) is 7.22. The molecule has 2 aromatic rings. The molecule has 4 nitrogen and oxygen atoms in total. The average molecular weight is 264 g/mol. The van der Waals surface area contributed by atoms with Crippen molar-refractivity contribution < 1.29 is 4.52 Å². The summed E-state index contributed by atoms with van der Waals surface area (Å²) in [4.78, 5) is 0. The third kappa shape index (κ3) is 1.72. The molecule has 15 heavy (non-hydrogen) atoms. The van der Waals surface area contributed by atoms with Crippen molar-refractivity contribution in [1.29, 1.82) is 5.26 Å². The van der Waals surface area contributed by atoms with Crippen LogP contribution in [-0.2, 0) is 0 Å². The molecule has 1 heterocycles. The van der Waals surface area contributed by atoms with Gasteiger partial charge < -0.3 is 10.3 Å². The number of anilines is 1. The van der Waals surface area contributed by atoms with Gasteiger partial charge >= 0.3 is 0 Å². The van der Waals surface area contributed by atoms with E-state index < -0.39 is 0 Å². The second-order valence-electron chi connectivity index (χ2n) is 2.89. The Morgan fingerprint density at radius 1 is 1.47 bits per heavy atom. The molecule has 0 unspecified atom stereocenters. The molecule has 1 aromatic carbocycles. The van der Waals surface area contributed by atoms with E-state index >= 15 is 0 Å². The van der Waals surface area contributed by atoms with Crippen molar-refractivity contribution in [3.05, 3.63) is 34.3 Å². The van der Waals surface area contributed by atoms with Gasteiger partial charge in [0.15, 0.2) is 0 Å². The molecule has 0 aliphatic rings. The van der Waals surface area contributed by atoms with E-state index in [9.17, 15) is 0 Å². The number of nitrogens with two attached hydrogens (primary N) is 1. The zero-order valence-electron chi connectivity index (χ0n) is 7.57. The molecule has 0 spiro atoms. The molecule has 2 N–H and O–H groups in total. The number of rotatable bonds is 1. The predicted molar refractivity (Wildman–Crippen MR) is 58.8 cm³/mol. The summed E-state index contributed by atoms with van der Waals surface area (Å²) in [5, 5.41) is 12.6. The van der Waals surface area contributed by atoms with Crippen LogP contribution in [0.3, 0.4) is 0 Å². The van der Waals surface area contributed by atoms with Crippen LogP contribution < -0.4 is 5.73 Å². The minimum atomic E-state index is 0.0486. The Balaban J connectivity index is 2.60.